The second-order valence-electron chi connectivity index (χ2n) is 3.71. The highest BCUT2D eigenvalue weighted by molar-refractivity contribution is 6.39. The van der Waals surface area contributed by atoms with Crippen LogP contribution in [0.3, 0.4) is 0 Å². The van der Waals surface area contributed by atoms with Crippen molar-refractivity contribution >= 4 is 23.2 Å². The van der Waals surface area contributed by atoms with Gasteiger partial charge in [0.1, 0.15) is 22.5 Å². The Kier molecular flexibility index (Phi) is 2.59. The molecule has 1 aliphatic carbocycles. The van der Waals surface area contributed by atoms with E-state index in [0.29, 0.717) is 23.5 Å². The van der Waals surface area contributed by atoms with Crippen LogP contribution in [0, 0.1) is 0 Å². The number of hydrogen-bond acceptors (Lipinski definition) is 4. The first-order valence-corrected chi connectivity index (χ1v) is 5.76. The van der Waals surface area contributed by atoms with E-state index in [-0.39, 0.29) is 12.2 Å². The highest BCUT2D eigenvalue weighted by atomic mass is 35.5. The first kappa shape index (κ1) is 10.5. The Morgan fingerprint density at radius 1 is 0.938 bits per heavy atom. The monoisotopic (exact) mass is 260 g/mol. The summed E-state index contributed by atoms with van der Waals surface area (Å²) >= 11 is 11.8. The summed E-state index contributed by atoms with van der Waals surface area (Å²) in [5, 5.41) is 6.80. The second kappa shape index (κ2) is 3.96. The summed E-state index contributed by atoms with van der Waals surface area (Å²) in [6.45, 7) is 1.23. The number of halogens is 2. The molecule has 6 heteroatoms. The van der Waals surface area contributed by atoms with E-state index in [4.69, 9.17) is 32.7 Å². The molecule has 0 amide bonds. The highest BCUT2D eigenvalue weighted by Crippen LogP contribution is 2.28. The first-order chi connectivity index (χ1) is 7.74. The molecule has 0 aromatic rings. The number of hydrogen-bond donors (Lipinski definition) is 2. The van der Waals surface area contributed by atoms with Gasteiger partial charge in [0.15, 0.2) is 0 Å². The molecule has 1 fully saturated rings. The van der Waals surface area contributed by atoms with Gasteiger partial charge in [0.2, 0.25) is 0 Å². The zero-order valence-electron chi connectivity index (χ0n) is 8.30. The molecule has 2 aliphatic heterocycles. The summed E-state index contributed by atoms with van der Waals surface area (Å²) in [5.74, 6) is 0. The van der Waals surface area contributed by atoms with E-state index in [1.807, 2.05) is 12.2 Å². The van der Waals surface area contributed by atoms with Crippen molar-refractivity contribution in [2.24, 2.45) is 0 Å². The van der Waals surface area contributed by atoms with Gasteiger partial charge in [0.25, 0.3) is 0 Å². The Balaban J connectivity index is 1.92. The molecule has 3 aliphatic rings. The van der Waals surface area contributed by atoms with E-state index >= 15 is 0 Å². The van der Waals surface area contributed by atoms with Crippen molar-refractivity contribution in [3.63, 3.8) is 0 Å². The van der Waals surface area contributed by atoms with Crippen LogP contribution in [-0.4, -0.2) is 25.4 Å². The molecular formula is C10H10Cl2N2O2. The quantitative estimate of drug-likeness (QED) is 0.646. The van der Waals surface area contributed by atoms with E-state index in [2.05, 4.69) is 10.6 Å². The molecular weight excluding hydrogens is 251 g/mol. The van der Waals surface area contributed by atoms with Gasteiger partial charge < -0.3 is 20.1 Å². The SMILES string of the molecule is ClC1=C(Cl)NC2=CC3OCCOC3C=C2N1. The Bertz CT molecular complexity index is 379. The van der Waals surface area contributed by atoms with Gasteiger partial charge in [-0.3, -0.25) is 0 Å². The summed E-state index contributed by atoms with van der Waals surface area (Å²) < 4.78 is 11.2. The average Bonchev–Trinajstić information content (AvgIpc) is 2.28. The molecule has 0 spiro atoms. The lowest BCUT2D eigenvalue weighted by Gasteiger charge is -2.34. The van der Waals surface area contributed by atoms with Crippen molar-refractivity contribution in [3.8, 4) is 0 Å². The maximum atomic E-state index is 5.90. The third kappa shape index (κ3) is 1.72. The van der Waals surface area contributed by atoms with Gasteiger partial charge in [-0.1, -0.05) is 23.2 Å². The number of ether oxygens (including phenoxy) is 2. The lowest BCUT2D eigenvalue weighted by Crippen LogP contribution is -2.42. The van der Waals surface area contributed by atoms with Crippen molar-refractivity contribution in [1.82, 2.24) is 10.6 Å². The fourth-order valence-electron chi connectivity index (χ4n) is 1.92. The standard InChI is InChI=1S/C10H10Cl2N2O2/c11-9-10(12)14-6-4-8-7(3-5(6)13-9)15-1-2-16-8/h3-4,7-8,13-14H,1-2H2. The Hall–Kier alpha value is -0.680. The molecule has 0 aromatic heterocycles. The molecule has 0 aromatic carbocycles. The maximum absolute atomic E-state index is 5.90. The summed E-state index contributed by atoms with van der Waals surface area (Å²) in [6.07, 6.45) is 3.81. The van der Waals surface area contributed by atoms with Crippen LogP contribution in [0.1, 0.15) is 0 Å². The highest BCUT2D eigenvalue weighted by Gasteiger charge is 2.31. The van der Waals surface area contributed by atoms with Crippen molar-refractivity contribution in [1.29, 1.82) is 0 Å². The Labute approximate surface area is 103 Å². The smallest absolute Gasteiger partial charge is 0.142 e. The number of fused-ring (bicyclic) bond motifs is 2. The van der Waals surface area contributed by atoms with Gasteiger partial charge in [-0.15, -0.1) is 0 Å². The van der Waals surface area contributed by atoms with Crippen LogP contribution in [0.4, 0.5) is 0 Å². The van der Waals surface area contributed by atoms with Gasteiger partial charge in [0, 0.05) is 0 Å². The normalized spacial score (nSPS) is 32.9. The van der Waals surface area contributed by atoms with Crippen LogP contribution < -0.4 is 10.6 Å². The van der Waals surface area contributed by atoms with Gasteiger partial charge >= 0.3 is 0 Å². The predicted molar refractivity (Wildman–Crippen MR) is 60.6 cm³/mol. The fraction of sp³-hybridized carbons (Fsp3) is 0.400. The van der Waals surface area contributed by atoms with Gasteiger partial charge in [0.05, 0.1) is 24.6 Å². The number of rotatable bonds is 0. The Morgan fingerprint density at radius 3 is 1.81 bits per heavy atom. The number of nitrogens with one attached hydrogen (secondary N) is 2. The van der Waals surface area contributed by atoms with E-state index in [0.717, 1.165) is 11.4 Å². The lowest BCUT2D eigenvalue weighted by molar-refractivity contribution is -0.103. The fourth-order valence-corrected chi connectivity index (χ4v) is 2.21. The summed E-state index contributed by atoms with van der Waals surface area (Å²) in [6, 6.07) is 0. The molecule has 0 radical (unpaired) electrons. The molecule has 16 heavy (non-hydrogen) atoms. The van der Waals surface area contributed by atoms with Crippen LogP contribution >= 0.6 is 23.2 Å². The molecule has 2 heterocycles. The van der Waals surface area contributed by atoms with E-state index in [9.17, 15) is 0 Å². The van der Waals surface area contributed by atoms with Gasteiger partial charge in [-0.05, 0) is 12.2 Å². The van der Waals surface area contributed by atoms with Gasteiger partial charge in [-0.25, -0.2) is 0 Å². The minimum atomic E-state index is -0.0526. The summed E-state index contributed by atoms with van der Waals surface area (Å²) in [7, 11) is 0. The van der Waals surface area contributed by atoms with E-state index in [1.54, 1.807) is 0 Å². The predicted octanol–water partition coefficient (Wildman–Crippen LogP) is 1.35. The molecule has 1 saturated heterocycles. The summed E-state index contributed by atoms with van der Waals surface area (Å²) in [5.41, 5.74) is 1.75. The third-order valence-corrected chi connectivity index (χ3v) is 3.32. The van der Waals surface area contributed by atoms with Crippen LogP contribution in [0.2, 0.25) is 0 Å². The second-order valence-corrected chi connectivity index (χ2v) is 4.47. The van der Waals surface area contributed by atoms with Crippen molar-refractivity contribution in [2.45, 2.75) is 12.2 Å². The molecule has 2 N–H and O–H groups in total. The average molecular weight is 261 g/mol. The largest absolute Gasteiger partial charge is 0.369 e. The summed E-state index contributed by atoms with van der Waals surface area (Å²) in [4.78, 5) is 0. The van der Waals surface area contributed by atoms with Crippen molar-refractivity contribution < 1.29 is 9.47 Å². The molecule has 0 bridgehead atoms. The van der Waals surface area contributed by atoms with Crippen molar-refractivity contribution in [3.05, 3.63) is 33.9 Å². The third-order valence-electron chi connectivity index (χ3n) is 2.66. The minimum absolute atomic E-state index is 0.0526. The molecule has 4 nitrogen and oxygen atoms in total. The molecule has 2 unspecified atom stereocenters. The Morgan fingerprint density at radius 2 is 1.38 bits per heavy atom. The molecule has 3 rings (SSSR count). The molecule has 2 atom stereocenters. The topological polar surface area (TPSA) is 42.5 Å². The van der Waals surface area contributed by atoms with E-state index in [1.165, 1.54) is 0 Å². The van der Waals surface area contributed by atoms with E-state index < -0.39 is 0 Å². The van der Waals surface area contributed by atoms with Crippen molar-refractivity contribution in [2.75, 3.05) is 13.2 Å². The zero-order valence-corrected chi connectivity index (χ0v) is 9.81. The van der Waals surface area contributed by atoms with Crippen LogP contribution in [0.25, 0.3) is 0 Å². The zero-order chi connectivity index (χ0) is 11.1. The van der Waals surface area contributed by atoms with Gasteiger partial charge in [-0.2, -0.15) is 0 Å². The first-order valence-electron chi connectivity index (χ1n) is 5.00. The molecule has 86 valence electrons. The van der Waals surface area contributed by atoms with Crippen LogP contribution in [0.5, 0.6) is 0 Å². The molecule has 0 saturated carbocycles. The minimum Gasteiger partial charge on any atom is -0.369 e. The van der Waals surface area contributed by atoms with Crippen LogP contribution in [-0.2, 0) is 9.47 Å². The lowest BCUT2D eigenvalue weighted by atomic mass is 10.0. The van der Waals surface area contributed by atoms with Crippen LogP contribution in [0.15, 0.2) is 33.9 Å². The maximum Gasteiger partial charge on any atom is 0.142 e.